The van der Waals surface area contributed by atoms with Gasteiger partial charge in [-0.1, -0.05) is 31.5 Å². The lowest BCUT2D eigenvalue weighted by atomic mass is 9.77. The highest BCUT2D eigenvalue weighted by atomic mass is 16.2. The molecule has 2 unspecified atom stereocenters. The summed E-state index contributed by atoms with van der Waals surface area (Å²) >= 11 is 0. The zero-order valence-electron chi connectivity index (χ0n) is 12.9. The first kappa shape index (κ1) is 15.2. The van der Waals surface area contributed by atoms with E-state index in [1.165, 1.54) is 0 Å². The first-order valence-electron chi connectivity index (χ1n) is 7.76. The van der Waals surface area contributed by atoms with Gasteiger partial charge in [0.25, 0.3) is 11.5 Å². The zero-order valence-corrected chi connectivity index (χ0v) is 12.9. The van der Waals surface area contributed by atoms with E-state index in [-0.39, 0.29) is 11.3 Å². The fourth-order valence-corrected chi connectivity index (χ4v) is 3.36. The van der Waals surface area contributed by atoms with Crippen molar-refractivity contribution in [2.45, 2.75) is 38.1 Å². The minimum Gasteiger partial charge on any atom is -0.332 e. The van der Waals surface area contributed by atoms with Crippen LogP contribution in [0.4, 0.5) is 0 Å². The Labute approximate surface area is 133 Å². The Morgan fingerprint density at radius 3 is 2.87 bits per heavy atom. The molecule has 1 saturated carbocycles. The summed E-state index contributed by atoms with van der Waals surface area (Å²) in [5.74, 6) is -0.0305. The van der Waals surface area contributed by atoms with Gasteiger partial charge in [-0.15, -0.1) is 0 Å². The Morgan fingerprint density at radius 2 is 2.17 bits per heavy atom. The number of benzene rings is 1. The van der Waals surface area contributed by atoms with Crippen LogP contribution in [0.3, 0.4) is 0 Å². The molecule has 1 fully saturated rings. The van der Waals surface area contributed by atoms with E-state index in [9.17, 15) is 14.9 Å². The number of hydrogen-bond donors (Lipinski definition) is 2. The minimum absolute atomic E-state index is 0.146. The molecule has 6 heteroatoms. The van der Waals surface area contributed by atoms with Crippen molar-refractivity contribution in [1.82, 2.24) is 15.5 Å². The Morgan fingerprint density at radius 1 is 1.43 bits per heavy atom. The number of amides is 1. The van der Waals surface area contributed by atoms with Gasteiger partial charge < -0.3 is 5.32 Å². The van der Waals surface area contributed by atoms with Crippen molar-refractivity contribution in [3.63, 3.8) is 0 Å². The number of H-pyrrole nitrogens is 1. The van der Waals surface area contributed by atoms with Gasteiger partial charge in [0.2, 0.25) is 0 Å². The predicted octanol–water partition coefficient (Wildman–Crippen LogP) is 2.13. The first-order valence-corrected chi connectivity index (χ1v) is 7.76. The summed E-state index contributed by atoms with van der Waals surface area (Å²) in [4.78, 5) is 24.5. The van der Waals surface area contributed by atoms with Crippen LogP contribution in [0.5, 0.6) is 0 Å². The molecule has 23 heavy (non-hydrogen) atoms. The van der Waals surface area contributed by atoms with E-state index in [0.717, 1.165) is 12.8 Å². The summed E-state index contributed by atoms with van der Waals surface area (Å²) in [7, 11) is 0. The number of rotatable bonds is 2. The molecule has 1 aromatic heterocycles. The van der Waals surface area contributed by atoms with Gasteiger partial charge in [-0.2, -0.15) is 10.4 Å². The Kier molecular flexibility index (Phi) is 3.87. The molecule has 2 aromatic rings. The third kappa shape index (κ3) is 2.82. The van der Waals surface area contributed by atoms with E-state index in [2.05, 4.69) is 28.5 Å². The van der Waals surface area contributed by atoms with Crippen molar-refractivity contribution < 1.29 is 4.79 Å². The highest BCUT2D eigenvalue weighted by Gasteiger charge is 2.37. The van der Waals surface area contributed by atoms with Crippen LogP contribution in [0.15, 0.2) is 29.1 Å². The van der Waals surface area contributed by atoms with Gasteiger partial charge in [-0.05, 0) is 31.2 Å². The molecule has 1 aliphatic carbocycles. The minimum atomic E-state index is -0.854. The SMILES string of the molecule is CC1CCCC(C#N)(NC(=O)c2n[nH]c(=O)c3ccccc23)C1. The zero-order chi connectivity index (χ0) is 16.4. The lowest BCUT2D eigenvalue weighted by Crippen LogP contribution is -2.50. The standard InChI is InChI=1S/C17H18N4O2/c1-11-5-4-8-17(9-11,10-18)19-16(23)14-12-6-2-3-7-13(12)15(22)21-20-14/h2-3,6-7,11H,4-5,8-9H2,1H3,(H,19,23)(H,21,22). The fraction of sp³-hybridized carbons (Fsp3) is 0.412. The number of aromatic amines is 1. The van der Waals surface area contributed by atoms with E-state index in [1.807, 2.05) is 0 Å². The maximum atomic E-state index is 12.7. The number of nitriles is 1. The van der Waals surface area contributed by atoms with Crippen molar-refractivity contribution in [3.8, 4) is 6.07 Å². The van der Waals surface area contributed by atoms with Gasteiger partial charge in [0.1, 0.15) is 5.54 Å². The summed E-state index contributed by atoms with van der Waals surface area (Å²) in [5.41, 5.74) is -1.04. The van der Waals surface area contributed by atoms with Crippen molar-refractivity contribution in [2.24, 2.45) is 5.92 Å². The summed E-state index contributed by atoms with van der Waals surface area (Å²) in [6, 6.07) is 9.10. The molecule has 0 spiro atoms. The van der Waals surface area contributed by atoms with Crippen molar-refractivity contribution >= 4 is 16.7 Å². The monoisotopic (exact) mass is 310 g/mol. The van der Waals surface area contributed by atoms with E-state index < -0.39 is 11.4 Å². The molecular weight excluding hydrogens is 292 g/mol. The van der Waals surface area contributed by atoms with Crippen LogP contribution >= 0.6 is 0 Å². The summed E-state index contributed by atoms with van der Waals surface area (Å²) in [6.07, 6.45) is 3.26. The number of aromatic nitrogens is 2. The topological polar surface area (TPSA) is 98.6 Å². The van der Waals surface area contributed by atoms with Gasteiger partial charge in [-0.3, -0.25) is 9.59 Å². The molecular formula is C17H18N4O2. The van der Waals surface area contributed by atoms with E-state index in [0.29, 0.717) is 29.5 Å². The number of nitrogens with one attached hydrogen (secondary N) is 2. The first-order chi connectivity index (χ1) is 11.0. The van der Waals surface area contributed by atoms with Crippen LogP contribution in [-0.2, 0) is 0 Å². The number of nitrogens with zero attached hydrogens (tertiary/aromatic N) is 2. The lowest BCUT2D eigenvalue weighted by molar-refractivity contribution is 0.0886. The van der Waals surface area contributed by atoms with E-state index >= 15 is 0 Å². The highest BCUT2D eigenvalue weighted by molar-refractivity contribution is 6.05. The highest BCUT2D eigenvalue weighted by Crippen LogP contribution is 2.32. The van der Waals surface area contributed by atoms with Crippen LogP contribution in [0.1, 0.15) is 43.1 Å². The maximum absolute atomic E-state index is 12.7. The van der Waals surface area contributed by atoms with E-state index in [1.54, 1.807) is 24.3 Å². The molecule has 6 nitrogen and oxygen atoms in total. The molecule has 3 rings (SSSR count). The average molecular weight is 310 g/mol. The quantitative estimate of drug-likeness (QED) is 0.887. The van der Waals surface area contributed by atoms with Gasteiger partial charge in [-0.25, -0.2) is 5.10 Å². The number of carbonyl (C=O) groups excluding carboxylic acids is 1. The normalized spacial score (nSPS) is 24.1. The van der Waals surface area contributed by atoms with Gasteiger partial charge >= 0.3 is 0 Å². The number of carbonyl (C=O) groups is 1. The molecule has 118 valence electrons. The van der Waals surface area contributed by atoms with Crippen molar-refractivity contribution in [1.29, 1.82) is 5.26 Å². The fourth-order valence-electron chi connectivity index (χ4n) is 3.36. The Balaban J connectivity index is 1.97. The second-order valence-electron chi connectivity index (χ2n) is 6.30. The summed E-state index contributed by atoms with van der Waals surface area (Å²) < 4.78 is 0. The van der Waals surface area contributed by atoms with Crippen LogP contribution in [0, 0.1) is 17.2 Å². The third-order valence-corrected chi connectivity index (χ3v) is 4.48. The van der Waals surface area contributed by atoms with Crippen molar-refractivity contribution in [3.05, 3.63) is 40.3 Å². The van der Waals surface area contributed by atoms with Gasteiger partial charge in [0, 0.05) is 5.39 Å². The second kappa shape index (κ2) is 5.84. The van der Waals surface area contributed by atoms with Crippen LogP contribution < -0.4 is 10.9 Å². The van der Waals surface area contributed by atoms with Crippen LogP contribution in [-0.4, -0.2) is 21.6 Å². The second-order valence-corrected chi connectivity index (χ2v) is 6.30. The number of hydrogen-bond acceptors (Lipinski definition) is 4. The molecule has 1 heterocycles. The molecule has 2 N–H and O–H groups in total. The molecule has 0 bridgehead atoms. The molecule has 1 amide bonds. The molecule has 0 radical (unpaired) electrons. The van der Waals surface area contributed by atoms with Crippen LogP contribution in [0.25, 0.3) is 10.8 Å². The summed E-state index contributed by atoms with van der Waals surface area (Å²) in [5, 5.41) is 19.6. The molecule has 2 atom stereocenters. The Bertz CT molecular complexity index is 852. The molecule has 1 aliphatic rings. The van der Waals surface area contributed by atoms with E-state index in [4.69, 9.17) is 0 Å². The number of fused-ring (bicyclic) bond motifs is 1. The van der Waals surface area contributed by atoms with Crippen molar-refractivity contribution in [2.75, 3.05) is 0 Å². The maximum Gasteiger partial charge on any atom is 0.273 e. The Hall–Kier alpha value is -2.68. The largest absolute Gasteiger partial charge is 0.332 e. The predicted molar refractivity (Wildman–Crippen MR) is 85.8 cm³/mol. The molecule has 0 aliphatic heterocycles. The van der Waals surface area contributed by atoms with Gasteiger partial charge in [0.05, 0.1) is 11.5 Å². The third-order valence-electron chi connectivity index (χ3n) is 4.48. The molecule has 0 saturated heterocycles. The smallest absolute Gasteiger partial charge is 0.273 e. The average Bonchev–Trinajstić information content (AvgIpc) is 2.55. The van der Waals surface area contributed by atoms with Crippen LogP contribution in [0.2, 0.25) is 0 Å². The summed E-state index contributed by atoms with van der Waals surface area (Å²) in [6.45, 7) is 2.09. The van der Waals surface area contributed by atoms with Gasteiger partial charge in [0.15, 0.2) is 5.69 Å². The molecule has 1 aromatic carbocycles. The lowest BCUT2D eigenvalue weighted by Gasteiger charge is -2.34.